The molecule has 0 aromatic heterocycles. The predicted octanol–water partition coefficient (Wildman–Crippen LogP) is 1.97. The maximum atomic E-state index is 12.9. The number of hydrogen-bond donors (Lipinski definition) is 2. The van der Waals surface area contributed by atoms with Gasteiger partial charge >= 0.3 is 0 Å². The van der Waals surface area contributed by atoms with Gasteiger partial charge in [0.2, 0.25) is 0 Å². The van der Waals surface area contributed by atoms with E-state index in [0.29, 0.717) is 12.6 Å². The highest BCUT2D eigenvalue weighted by Crippen LogP contribution is 2.22. The Morgan fingerprint density at radius 2 is 2.12 bits per heavy atom. The number of guanidine groups is 1. The van der Waals surface area contributed by atoms with Gasteiger partial charge in [-0.3, -0.25) is 9.89 Å². The summed E-state index contributed by atoms with van der Waals surface area (Å²) < 4.78 is 18.8. The van der Waals surface area contributed by atoms with Crippen molar-refractivity contribution in [2.24, 2.45) is 4.99 Å². The van der Waals surface area contributed by atoms with Gasteiger partial charge in [-0.2, -0.15) is 0 Å². The summed E-state index contributed by atoms with van der Waals surface area (Å²) in [5.74, 6) is 0.521. The number of ether oxygens (including phenoxy) is 1. The fourth-order valence-corrected chi connectivity index (χ4v) is 3.23. The zero-order valence-corrected chi connectivity index (χ0v) is 16.3. The molecule has 2 saturated heterocycles. The Morgan fingerprint density at radius 3 is 2.88 bits per heavy atom. The molecular weight excluding hydrogens is 422 g/mol. The molecule has 0 radical (unpaired) electrons. The molecule has 0 bridgehead atoms. The minimum Gasteiger partial charge on any atom is -0.373 e. The third-order valence-corrected chi connectivity index (χ3v) is 4.56. The SMILES string of the molecule is CN=C(NCc1ccc(F)cc1)NCC1CN2CCCC2CO1.I. The third kappa shape index (κ3) is 5.29. The summed E-state index contributed by atoms with van der Waals surface area (Å²) in [4.78, 5) is 6.76. The topological polar surface area (TPSA) is 48.9 Å². The first-order valence-corrected chi connectivity index (χ1v) is 8.29. The Balaban J connectivity index is 0.00000208. The molecule has 2 N–H and O–H groups in total. The van der Waals surface area contributed by atoms with Crippen molar-refractivity contribution in [3.8, 4) is 0 Å². The Labute approximate surface area is 160 Å². The molecule has 24 heavy (non-hydrogen) atoms. The molecule has 3 rings (SSSR count). The Kier molecular flexibility index (Phi) is 7.70. The lowest BCUT2D eigenvalue weighted by atomic mass is 10.2. The summed E-state index contributed by atoms with van der Waals surface area (Å²) in [6.07, 6.45) is 2.75. The molecule has 134 valence electrons. The van der Waals surface area contributed by atoms with Crippen LogP contribution in [0.1, 0.15) is 18.4 Å². The van der Waals surface area contributed by atoms with Crippen LogP contribution < -0.4 is 10.6 Å². The van der Waals surface area contributed by atoms with Crippen LogP contribution in [0.15, 0.2) is 29.3 Å². The van der Waals surface area contributed by atoms with Crippen LogP contribution in [-0.4, -0.2) is 56.3 Å². The van der Waals surface area contributed by atoms with Crippen LogP contribution >= 0.6 is 24.0 Å². The summed E-state index contributed by atoms with van der Waals surface area (Å²) in [6, 6.07) is 7.11. The van der Waals surface area contributed by atoms with E-state index in [4.69, 9.17) is 4.74 Å². The number of nitrogens with one attached hydrogen (secondary N) is 2. The molecule has 5 nitrogen and oxygen atoms in total. The third-order valence-electron chi connectivity index (χ3n) is 4.56. The van der Waals surface area contributed by atoms with Crippen LogP contribution in [0.25, 0.3) is 0 Å². The fraction of sp³-hybridized carbons (Fsp3) is 0.588. The second kappa shape index (κ2) is 9.53. The molecule has 2 aliphatic heterocycles. The molecule has 0 spiro atoms. The van der Waals surface area contributed by atoms with Gasteiger partial charge in [-0.15, -0.1) is 24.0 Å². The Morgan fingerprint density at radius 1 is 1.33 bits per heavy atom. The smallest absolute Gasteiger partial charge is 0.191 e. The van der Waals surface area contributed by atoms with Crippen molar-refractivity contribution >= 4 is 29.9 Å². The number of rotatable bonds is 4. The lowest BCUT2D eigenvalue weighted by Crippen LogP contribution is -2.51. The summed E-state index contributed by atoms with van der Waals surface area (Å²) in [5, 5.41) is 6.55. The molecule has 7 heteroatoms. The van der Waals surface area contributed by atoms with E-state index in [1.54, 1.807) is 19.2 Å². The van der Waals surface area contributed by atoms with Gasteiger partial charge in [0, 0.05) is 32.7 Å². The maximum Gasteiger partial charge on any atom is 0.191 e. The van der Waals surface area contributed by atoms with Gasteiger partial charge in [0.05, 0.1) is 12.7 Å². The molecule has 0 amide bonds. The monoisotopic (exact) mass is 448 g/mol. The average Bonchev–Trinajstić information content (AvgIpc) is 3.04. The molecule has 2 atom stereocenters. The molecule has 2 aliphatic rings. The molecular formula is C17H26FIN4O. The van der Waals surface area contributed by atoms with Crippen LogP contribution in [-0.2, 0) is 11.3 Å². The van der Waals surface area contributed by atoms with Crippen LogP contribution in [0.2, 0.25) is 0 Å². The predicted molar refractivity (Wildman–Crippen MR) is 104 cm³/mol. The number of aliphatic imine (C=N–C) groups is 1. The van der Waals surface area contributed by atoms with Crippen molar-refractivity contribution < 1.29 is 9.13 Å². The van der Waals surface area contributed by atoms with Gasteiger partial charge in [0.1, 0.15) is 5.82 Å². The Hall–Kier alpha value is -0.930. The number of nitrogens with zero attached hydrogens (tertiary/aromatic N) is 2. The maximum absolute atomic E-state index is 12.9. The first kappa shape index (κ1) is 19.4. The van der Waals surface area contributed by atoms with Crippen LogP contribution in [0, 0.1) is 5.82 Å². The van der Waals surface area contributed by atoms with Gasteiger partial charge in [0.25, 0.3) is 0 Å². The van der Waals surface area contributed by atoms with E-state index in [0.717, 1.165) is 31.2 Å². The summed E-state index contributed by atoms with van der Waals surface area (Å²) >= 11 is 0. The first-order chi connectivity index (χ1) is 11.2. The molecule has 2 heterocycles. The van der Waals surface area contributed by atoms with Gasteiger partial charge in [0.15, 0.2) is 5.96 Å². The zero-order chi connectivity index (χ0) is 16.1. The first-order valence-electron chi connectivity index (χ1n) is 8.29. The standard InChI is InChI=1S/C17H25FN4O.HI/c1-19-17(20-9-13-4-6-14(18)7-5-13)21-10-16-11-22-8-2-3-15(22)12-23-16;/h4-7,15-16H,2-3,8-12H2,1H3,(H2,19,20,21);1H. The van der Waals surface area contributed by atoms with Crippen molar-refractivity contribution in [2.45, 2.75) is 31.5 Å². The van der Waals surface area contributed by atoms with Crippen molar-refractivity contribution in [1.82, 2.24) is 15.5 Å². The quantitative estimate of drug-likeness (QED) is 0.420. The van der Waals surface area contributed by atoms with E-state index in [9.17, 15) is 4.39 Å². The van der Waals surface area contributed by atoms with Crippen molar-refractivity contribution in [1.29, 1.82) is 0 Å². The largest absolute Gasteiger partial charge is 0.373 e. The Bertz CT molecular complexity index is 540. The molecule has 2 unspecified atom stereocenters. The van der Waals surface area contributed by atoms with E-state index in [1.165, 1.54) is 31.5 Å². The molecule has 1 aromatic rings. The van der Waals surface area contributed by atoms with E-state index in [1.807, 2.05) is 0 Å². The fourth-order valence-electron chi connectivity index (χ4n) is 3.23. The molecule has 2 fully saturated rings. The number of halogens is 2. The molecule has 0 saturated carbocycles. The zero-order valence-electron chi connectivity index (χ0n) is 14.0. The molecule has 1 aromatic carbocycles. The normalized spacial score (nSPS) is 24.2. The minimum absolute atomic E-state index is 0. The number of hydrogen-bond acceptors (Lipinski definition) is 3. The highest BCUT2D eigenvalue weighted by atomic mass is 127. The van der Waals surface area contributed by atoms with Gasteiger partial charge < -0.3 is 15.4 Å². The van der Waals surface area contributed by atoms with Gasteiger partial charge in [-0.25, -0.2) is 4.39 Å². The number of morpholine rings is 1. The lowest BCUT2D eigenvalue weighted by Gasteiger charge is -2.35. The second-order valence-corrected chi connectivity index (χ2v) is 6.18. The lowest BCUT2D eigenvalue weighted by molar-refractivity contribution is -0.0453. The summed E-state index contributed by atoms with van der Waals surface area (Å²) in [5.41, 5.74) is 1.02. The molecule has 0 aliphatic carbocycles. The van der Waals surface area contributed by atoms with E-state index < -0.39 is 0 Å². The van der Waals surface area contributed by atoms with E-state index in [2.05, 4.69) is 20.5 Å². The van der Waals surface area contributed by atoms with Gasteiger partial charge in [-0.05, 0) is 37.1 Å². The van der Waals surface area contributed by atoms with Gasteiger partial charge in [-0.1, -0.05) is 12.1 Å². The van der Waals surface area contributed by atoms with E-state index >= 15 is 0 Å². The average molecular weight is 448 g/mol. The van der Waals surface area contributed by atoms with Crippen molar-refractivity contribution in [3.63, 3.8) is 0 Å². The number of benzene rings is 1. The van der Waals surface area contributed by atoms with Crippen LogP contribution in [0.4, 0.5) is 4.39 Å². The highest BCUT2D eigenvalue weighted by molar-refractivity contribution is 14.0. The van der Waals surface area contributed by atoms with Crippen molar-refractivity contribution in [3.05, 3.63) is 35.6 Å². The van der Waals surface area contributed by atoms with Crippen molar-refractivity contribution in [2.75, 3.05) is 33.3 Å². The van der Waals surface area contributed by atoms with Crippen LogP contribution in [0.3, 0.4) is 0 Å². The van der Waals surface area contributed by atoms with Crippen LogP contribution in [0.5, 0.6) is 0 Å². The summed E-state index contributed by atoms with van der Waals surface area (Å²) in [6.45, 7) is 4.38. The minimum atomic E-state index is -0.217. The number of fused-ring (bicyclic) bond motifs is 1. The highest BCUT2D eigenvalue weighted by Gasteiger charge is 2.32. The summed E-state index contributed by atoms with van der Waals surface area (Å²) in [7, 11) is 1.75. The second-order valence-electron chi connectivity index (χ2n) is 6.18. The van der Waals surface area contributed by atoms with E-state index in [-0.39, 0.29) is 35.9 Å².